The molecule has 0 aromatic rings. The number of aliphatic hydroxyl groups is 1. The summed E-state index contributed by atoms with van der Waals surface area (Å²) in [6, 6.07) is -0.849. The van der Waals surface area contributed by atoms with Gasteiger partial charge in [-0.3, -0.25) is 13.8 Å². The SMILES string of the molecule is CC/C=C\C/C=C\C/C=C\C/C=C\C/C=C\C/C=C\CCCCCCCCCCCCCCCCCCCCC(=O)NC(COP(=O)(O)OCC[N+](C)(C)C)C(O)/C=C/CCCCCCCCCCCCCCCCCCC. The first-order valence-electron chi connectivity index (χ1n) is 33.0. The van der Waals surface area contributed by atoms with Crippen LogP contribution in [-0.4, -0.2) is 73.4 Å². The Balaban J connectivity index is 4.03. The summed E-state index contributed by atoms with van der Waals surface area (Å²) in [5, 5.41) is 14.0. The third kappa shape index (κ3) is 61.3. The Kier molecular flexibility index (Phi) is 57.5. The summed E-state index contributed by atoms with van der Waals surface area (Å²) in [4.78, 5) is 23.4. The zero-order valence-corrected chi connectivity index (χ0v) is 52.8. The molecule has 1 amide bonds. The van der Waals surface area contributed by atoms with E-state index in [2.05, 4.69) is 92.1 Å². The molecule has 78 heavy (non-hydrogen) atoms. The van der Waals surface area contributed by atoms with Crippen LogP contribution >= 0.6 is 7.82 Å². The molecule has 3 unspecified atom stereocenters. The number of phosphoric ester groups is 1. The van der Waals surface area contributed by atoms with Crippen molar-refractivity contribution in [3.63, 3.8) is 0 Å². The second-order valence-corrected chi connectivity index (χ2v) is 24.9. The van der Waals surface area contributed by atoms with E-state index in [0.717, 1.165) is 77.0 Å². The molecule has 8 nitrogen and oxygen atoms in total. The molecule has 0 heterocycles. The Hall–Kier alpha value is -2.32. The summed E-state index contributed by atoms with van der Waals surface area (Å²) in [6.07, 6.45) is 84.2. The van der Waals surface area contributed by atoms with Crippen LogP contribution in [0.1, 0.15) is 296 Å². The number of hydrogen-bond donors (Lipinski definition) is 3. The van der Waals surface area contributed by atoms with Crippen molar-refractivity contribution in [2.24, 2.45) is 0 Å². The number of allylic oxidation sites excluding steroid dienone is 13. The van der Waals surface area contributed by atoms with Crippen molar-refractivity contribution in [1.82, 2.24) is 5.32 Å². The average molecular weight is 1110 g/mol. The number of nitrogens with one attached hydrogen (secondary N) is 1. The number of carbonyl (C=O) groups excluding carboxylic acids is 1. The maximum Gasteiger partial charge on any atom is 0.472 e. The van der Waals surface area contributed by atoms with Crippen LogP contribution in [0.2, 0.25) is 0 Å². The molecular formula is C69H128N2O6P+. The second kappa shape index (κ2) is 59.3. The van der Waals surface area contributed by atoms with Gasteiger partial charge < -0.3 is 19.8 Å². The van der Waals surface area contributed by atoms with E-state index in [-0.39, 0.29) is 19.1 Å². The molecule has 9 heteroatoms. The van der Waals surface area contributed by atoms with Gasteiger partial charge in [0.15, 0.2) is 0 Å². The van der Waals surface area contributed by atoms with Crippen LogP contribution in [-0.2, 0) is 18.4 Å². The molecule has 3 N–H and O–H groups in total. The molecule has 0 saturated heterocycles. The lowest BCUT2D eigenvalue weighted by atomic mass is 10.0. The summed E-state index contributed by atoms with van der Waals surface area (Å²) in [5.74, 6) is -0.175. The van der Waals surface area contributed by atoms with Gasteiger partial charge in [0.05, 0.1) is 39.9 Å². The molecule has 0 bridgehead atoms. The first-order valence-corrected chi connectivity index (χ1v) is 34.5. The first kappa shape index (κ1) is 75.7. The maximum atomic E-state index is 13.0. The minimum atomic E-state index is -4.35. The number of phosphoric acid groups is 1. The molecule has 3 atom stereocenters. The fourth-order valence-electron chi connectivity index (χ4n) is 9.52. The average Bonchev–Trinajstić information content (AvgIpc) is 3.41. The van der Waals surface area contributed by atoms with Crippen molar-refractivity contribution in [3.05, 3.63) is 85.1 Å². The quantitative estimate of drug-likeness (QED) is 0.0243. The molecule has 0 aliphatic carbocycles. The number of unbranched alkanes of at least 4 members (excludes halogenated alkanes) is 35. The van der Waals surface area contributed by atoms with Gasteiger partial charge in [0.2, 0.25) is 5.91 Å². The second-order valence-electron chi connectivity index (χ2n) is 23.5. The zero-order chi connectivity index (χ0) is 57.0. The van der Waals surface area contributed by atoms with Crippen molar-refractivity contribution in [3.8, 4) is 0 Å². The third-order valence-electron chi connectivity index (χ3n) is 14.6. The normalized spacial score (nSPS) is 14.3. The van der Waals surface area contributed by atoms with Gasteiger partial charge in [0.25, 0.3) is 0 Å². The van der Waals surface area contributed by atoms with Crippen LogP contribution in [0.3, 0.4) is 0 Å². The van der Waals surface area contributed by atoms with Gasteiger partial charge in [-0.05, 0) is 70.6 Å². The van der Waals surface area contributed by atoms with Gasteiger partial charge in [-0.1, -0.05) is 304 Å². The molecule has 454 valence electrons. The minimum Gasteiger partial charge on any atom is -0.387 e. The Morgan fingerprint density at radius 2 is 0.769 bits per heavy atom. The summed E-state index contributed by atoms with van der Waals surface area (Å²) in [6.45, 7) is 4.73. The van der Waals surface area contributed by atoms with Crippen molar-refractivity contribution in [2.45, 2.75) is 309 Å². The van der Waals surface area contributed by atoms with Gasteiger partial charge in [0, 0.05) is 6.42 Å². The monoisotopic (exact) mass is 1110 g/mol. The Labute approximate surface area is 484 Å². The van der Waals surface area contributed by atoms with Crippen LogP contribution in [0, 0.1) is 0 Å². The number of carbonyl (C=O) groups is 1. The van der Waals surface area contributed by atoms with E-state index in [9.17, 15) is 19.4 Å². The van der Waals surface area contributed by atoms with Crippen molar-refractivity contribution in [2.75, 3.05) is 40.9 Å². The zero-order valence-electron chi connectivity index (χ0n) is 51.9. The van der Waals surface area contributed by atoms with E-state index in [1.165, 1.54) is 199 Å². The molecule has 0 fully saturated rings. The summed E-state index contributed by atoms with van der Waals surface area (Å²) >= 11 is 0. The van der Waals surface area contributed by atoms with E-state index in [4.69, 9.17) is 9.05 Å². The lowest BCUT2D eigenvalue weighted by molar-refractivity contribution is -0.870. The highest BCUT2D eigenvalue weighted by Gasteiger charge is 2.28. The topological polar surface area (TPSA) is 105 Å². The molecule has 0 aromatic carbocycles. The van der Waals surface area contributed by atoms with Gasteiger partial charge >= 0.3 is 7.82 Å². The molecular weight excluding hydrogens is 984 g/mol. The summed E-state index contributed by atoms with van der Waals surface area (Å²) < 4.78 is 23.8. The van der Waals surface area contributed by atoms with Gasteiger partial charge in [-0.25, -0.2) is 4.57 Å². The maximum absolute atomic E-state index is 13.0. The molecule has 0 saturated carbocycles. The fourth-order valence-corrected chi connectivity index (χ4v) is 10.3. The lowest BCUT2D eigenvalue weighted by Gasteiger charge is -2.25. The van der Waals surface area contributed by atoms with Crippen LogP contribution in [0.25, 0.3) is 0 Å². The van der Waals surface area contributed by atoms with Crippen LogP contribution in [0.5, 0.6) is 0 Å². The number of quaternary nitrogens is 1. The number of rotatable bonds is 60. The Bertz CT molecular complexity index is 1550. The summed E-state index contributed by atoms with van der Waals surface area (Å²) in [5.41, 5.74) is 0. The van der Waals surface area contributed by atoms with E-state index in [0.29, 0.717) is 17.4 Å². The molecule has 0 aliphatic rings. The molecule has 0 aliphatic heterocycles. The number of likely N-dealkylation sites (N-methyl/N-ethyl adjacent to an activating group) is 1. The van der Waals surface area contributed by atoms with E-state index in [1.54, 1.807) is 6.08 Å². The molecule has 0 aromatic heterocycles. The Morgan fingerprint density at radius 1 is 0.449 bits per heavy atom. The van der Waals surface area contributed by atoms with Gasteiger partial charge in [-0.2, -0.15) is 0 Å². The van der Waals surface area contributed by atoms with E-state index in [1.807, 2.05) is 27.2 Å². The third-order valence-corrected chi connectivity index (χ3v) is 15.6. The van der Waals surface area contributed by atoms with Crippen molar-refractivity contribution in [1.29, 1.82) is 0 Å². The van der Waals surface area contributed by atoms with Crippen LogP contribution in [0.4, 0.5) is 0 Å². The highest BCUT2D eigenvalue weighted by molar-refractivity contribution is 7.47. The fraction of sp³-hybridized carbons (Fsp3) is 0.783. The minimum absolute atomic E-state index is 0.0607. The number of nitrogens with zero attached hydrogens (tertiary/aromatic N) is 1. The predicted octanol–water partition coefficient (Wildman–Crippen LogP) is 20.8. The van der Waals surface area contributed by atoms with Crippen LogP contribution in [0.15, 0.2) is 85.1 Å². The standard InChI is InChI=1S/C69H127N2O6P/c1-6-8-10-12-14-16-18-20-22-24-26-27-28-29-30-31-32-33-34-35-36-37-38-39-40-41-42-43-45-47-49-51-53-55-57-59-61-63-69(73)70-67(66-77-78(74,75)76-65-64-71(3,4)5)68(72)62-60-58-56-54-52-50-48-46-44-25-23-21-19-17-15-13-11-9-7-2/h8,10,14,16,20,22,26-27,29-30,32-33,60,62,67-68,72H,6-7,9,11-13,15,17-19,21,23-25,28,31,34-59,61,63-66H2,1-5H3,(H-,70,73,74,75)/p+1/b10-8-,16-14-,22-20-,27-26-,30-29-,33-32-,62-60+. The lowest BCUT2D eigenvalue weighted by Crippen LogP contribution is -2.45. The van der Waals surface area contributed by atoms with Crippen LogP contribution < -0.4 is 5.32 Å². The number of amides is 1. The smallest absolute Gasteiger partial charge is 0.387 e. The van der Waals surface area contributed by atoms with E-state index < -0.39 is 20.0 Å². The van der Waals surface area contributed by atoms with Crippen molar-refractivity contribution < 1.29 is 32.9 Å². The predicted molar refractivity (Wildman–Crippen MR) is 341 cm³/mol. The highest BCUT2D eigenvalue weighted by atomic mass is 31.2. The molecule has 0 radical (unpaired) electrons. The number of aliphatic hydroxyl groups excluding tert-OH is 1. The molecule has 0 spiro atoms. The van der Waals surface area contributed by atoms with Crippen molar-refractivity contribution >= 4 is 13.7 Å². The van der Waals surface area contributed by atoms with Gasteiger partial charge in [-0.15, -0.1) is 0 Å². The first-order chi connectivity index (χ1) is 38.0. The Morgan fingerprint density at radius 3 is 1.13 bits per heavy atom. The summed E-state index contributed by atoms with van der Waals surface area (Å²) in [7, 11) is 1.58. The number of hydrogen-bond acceptors (Lipinski definition) is 5. The van der Waals surface area contributed by atoms with E-state index >= 15 is 0 Å². The van der Waals surface area contributed by atoms with Gasteiger partial charge in [0.1, 0.15) is 13.2 Å². The molecule has 0 rings (SSSR count). The largest absolute Gasteiger partial charge is 0.472 e. The highest BCUT2D eigenvalue weighted by Crippen LogP contribution is 2.43.